The highest BCUT2D eigenvalue weighted by Gasteiger charge is 2.19. The third-order valence-corrected chi connectivity index (χ3v) is 3.56. The zero-order chi connectivity index (χ0) is 14.8. The number of benzene rings is 1. The summed E-state index contributed by atoms with van der Waals surface area (Å²) >= 11 is 0. The zero-order valence-corrected chi connectivity index (χ0v) is 12.0. The van der Waals surface area contributed by atoms with E-state index < -0.39 is 0 Å². The Morgan fingerprint density at radius 1 is 1.33 bits per heavy atom. The third-order valence-electron chi connectivity index (χ3n) is 3.56. The summed E-state index contributed by atoms with van der Waals surface area (Å²) in [5.74, 6) is 1.51. The van der Waals surface area contributed by atoms with Crippen molar-refractivity contribution in [3.8, 4) is 0 Å². The predicted octanol–water partition coefficient (Wildman–Crippen LogP) is 2.82. The molecule has 0 aliphatic heterocycles. The molecular formula is C16H17N3O2. The zero-order valence-electron chi connectivity index (χ0n) is 12.0. The summed E-state index contributed by atoms with van der Waals surface area (Å²) in [6, 6.07) is 11.1. The number of carbonyl (C=O) groups excluding carboxylic acids is 1. The lowest BCUT2D eigenvalue weighted by Crippen LogP contribution is -2.30. The molecule has 3 aromatic rings. The molecule has 2 aromatic heterocycles. The van der Waals surface area contributed by atoms with Crippen molar-refractivity contribution in [2.75, 3.05) is 0 Å². The summed E-state index contributed by atoms with van der Waals surface area (Å²) in [6.45, 7) is 4.18. The number of hydrogen-bond acceptors (Lipinski definition) is 3. The molecule has 0 radical (unpaired) electrons. The van der Waals surface area contributed by atoms with Gasteiger partial charge in [0.05, 0.1) is 23.8 Å². The number of imidazole rings is 1. The van der Waals surface area contributed by atoms with Crippen LogP contribution < -0.4 is 5.32 Å². The van der Waals surface area contributed by atoms with E-state index in [1.165, 1.54) is 0 Å². The molecule has 0 aliphatic rings. The van der Waals surface area contributed by atoms with Crippen LogP contribution in [0.5, 0.6) is 0 Å². The Balaban J connectivity index is 1.81. The van der Waals surface area contributed by atoms with Crippen molar-refractivity contribution in [3.05, 3.63) is 54.2 Å². The standard InChI is InChI=1S/C16H17N3O2/c1-11(16(20)17-10-13-6-5-9-21-13)19-12(2)18-14-7-3-4-8-15(14)19/h3-9,11H,10H2,1-2H3,(H,17,20). The molecule has 0 bridgehead atoms. The van der Waals surface area contributed by atoms with Gasteiger partial charge in [0.25, 0.3) is 0 Å². The Bertz CT molecular complexity index is 759. The number of furan rings is 1. The monoisotopic (exact) mass is 283 g/mol. The molecule has 0 saturated heterocycles. The molecule has 1 amide bonds. The summed E-state index contributed by atoms with van der Waals surface area (Å²) in [6.07, 6.45) is 1.60. The van der Waals surface area contributed by atoms with Crippen LogP contribution in [0.15, 0.2) is 47.1 Å². The van der Waals surface area contributed by atoms with Crippen LogP contribution in [0.2, 0.25) is 0 Å². The molecule has 2 heterocycles. The average Bonchev–Trinajstić information content (AvgIpc) is 3.10. The van der Waals surface area contributed by atoms with Crippen LogP contribution >= 0.6 is 0 Å². The SMILES string of the molecule is Cc1nc2ccccc2n1C(C)C(=O)NCc1ccco1. The van der Waals surface area contributed by atoms with Crippen molar-refractivity contribution < 1.29 is 9.21 Å². The Morgan fingerprint density at radius 3 is 2.90 bits per heavy atom. The van der Waals surface area contributed by atoms with E-state index >= 15 is 0 Å². The van der Waals surface area contributed by atoms with Gasteiger partial charge in [0.1, 0.15) is 17.6 Å². The molecule has 5 heteroatoms. The summed E-state index contributed by atoms with van der Waals surface area (Å²) in [7, 11) is 0. The molecule has 0 aliphatic carbocycles. The van der Waals surface area contributed by atoms with E-state index in [4.69, 9.17) is 4.42 Å². The molecule has 108 valence electrons. The van der Waals surface area contributed by atoms with Gasteiger partial charge in [0.15, 0.2) is 0 Å². The Hall–Kier alpha value is -2.56. The van der Waals surface area contributed by atoms with Gasteiger partial charge in [-0.3, -0.25) is 4.79 Å². The second-order valence-corrected chi connectivity index (χ2v) is 4.99. The molecule has 21 heavy (non-hydrogen) atoms. The predicted molar refractivity (Wildman–Crippen MR) is 79.7 cm³/mol. The number of hydrogen-bond donors (Lipinski definition) is 1. The van der Waals surface area contributed by atoms with Crippen LogP contribution in [0.25, 0.3) is 11.0 Å². The lowest BCUT2D eigenvalue weighted by Gasteiger charge is -2.16. The Kier molecular flexibility index (Phi) is 3.48. The van der Waals surface area contributed by atoms with Crippen LogP contribution in [0.3, 0.4) is 0 Å². The van der Waals surface area contributed by atoms with Crippen LogP contribution in [0, 0.1) is 6.92 Å². The fourth-order valence-corrected chi connectivity index (χ4v) is 2.51. The molecule has 0 saturated carbocycles. The maximum absolute atomic E-state index is 12.3. The highest BCUT2D eigenvalue weighted by atomic mass is 16.3. The van der Waals surface area contributed by atoms with E-state index in [-0.39, 0.29) is 11.9 Å². The van der Waals surface area contributed by atoms with E-state index in [2.05, 4.69) is 10.3 Å². The van der Waals surface area contributed by atoms with Gasteiger partial charge in [-0.1, -0.05) is 12.1 Å². The Labute approximate surface area is 122 Å². The smallest absolute Gasteiger partial charge is 0.243 e. The fraction of sp³-hybridized carbons (Fsp3) is 0.250. The number of aryl methyl sites for hydroxylation is 1. The highest BCUT2D eigenvalue weighted by Crippen LogP contribution is 2.20. The van der Waals surface area contributed by atoms with Crippen LogP contribution in [-0.2, 0) is 11.3 Å². The van der Waals surface area contributed by atoms with E-state index in [0.29, 0.717) is 6.54 Å². The number of fused-ring (bicyclic) bond motifs is 1. The van der Waals surface area contributed by atoms with Crippen LogP contribution in [0.1, 0.15) is 24.6 Å². The first-order chi connectivity index (χ1) is 10.2. The highest BCUT2D eigenvalue weighted by molar-refractivity contribution is 5.84. The number of para-hydroxylation sites is 2. The van der Waals surface area contributed by atoms with E-state index in [1.807, 2.05) is 48.7 Å². The molecule has 0 spiro atoms. The topological polar surface area (TPSA) is 60.1 Å². The van der Waals surface area contributed by atoms with Gasteiger partial charge in [-0.05, 0) is 38.1 Å². The summed E-state index contributed by atoms with van der Waals surface area (Å²) in [5.41, 5.74) is 1.87. The van der Waals surface area contributed by atoms with E-state index in [0.717, 1.165) is 22.6 Å². The van der Waals surface area contributed by atoms with E-state index in [1.54, 1.807) is 12.3 Å². The van der Waals surface area contributed by atoms with Gasteiger partial charge < -0.3 is 14.3 Å². The van der Waals surface area contributed by atoms with Crippen LogP contribution in [0.4, 0.5) is 0 Å². The van der Waals surface area contributed by atoms with Gasteiger partial charge in [-0.15, -0.1) is 0 Å². The minimum atomic E-state index is -0.327. The minimum Gasteiger partial charge on any atom is -0.467 e. The molecular weight excluding hydrogens is 266 g/mol. The summed E-state index contributed by atoms with van der Waals surface area (Å²) in [5, 5.41) is 2.88. The summed E-state index contributed by atoms with van der Waals surface area (Å²) in [4.78, 5) is 16.8. The van der Waals surface area contributed by atoms with Crippen molar-refractivity contribution in [2.45, 2.75) is 26.4 Å². The van der Waals surface area contributed by atoms with Crippen molar-refractivity contribution in [1.29, 1.82) is 0 Å². The van der Waals surface area contributed by atoms with E-state index in [9.17, 15) is 4.79 Å². The molecule has 1 aromatic carbocycles. The lowest BCUT2D eigenvalue weighted by atomic mass is 10.2. The molecule has 5 nitrogen and oxygen atoms in total. The number of aromatic nitrogens is 2. The van der Waals surface area contributed by atoms with Gasteiger partial charge in [0.2, 0.25) is 5.91 Å². The number of amides is 1. The summed E-state index contributed by atoms with van der Waals surface area (Å²) < 4.78 is 7.17. The maximum atomic E-state index is 12.3. The molecule has 0 fully saturated rings. The first-order valence-corrected chi connectivity index (χ1v) is 6.90. The molecule has 1 unspecified atom stereocenters. The van der Waals surface area contributed by atoms with Gasteiger partial charge >= 0.3 is 0 Å². The number of nitrogens with one attached hydrogen (secondary N) is 1. The van der Waals surface area contributed by atoms with Gasteiger partial charge in [-0.2, -0.15) is 0 Å². The van der Waals surface area contributed by atoms with Crippen molar-refractivity contribution in [3.63, 3.8) is 0 Å². The van der Waals surface area contributed by atoms with Gasteiger partial charge in [0, 0.05) is 0 Å². The second-order valence-electron chi connectivity index (χ2n) is 4.99. The first kappa shape index (κ1) is 13.4. The van der Waals surface area contributed by atoms with Gasteiger partial charge in [-0.25, -0.2) is 4.98 Å². The van der Waals surface area contributed by atoms with Crippen molar-refractivity contribution in [2.24, 2.45) is 0 Å². The van der Waals surface area contributed by atoms with Crippen LogP contribution in [-0.4, -0.2) is 15.5 Å². The van der Waals surface area contributed by atoms with Crippen molar-refractivity contribution >= 4 is 16.9 Å². The number of carbonyl (C=O) groups is 1. The number of nitrogens with zero attached hydrogens (tertiary/aromatic N) is 2. The molecule has 1 atom stereocenters. The maximum Gasteiger partial charge on any atom is 0.243 e. The lowest BCUT2D eigenvalue weighted by molar-refractivity contribution is -0.124. The molecule has 3 rings (SSSR count). The fourth-order valence-electron chi connectivity index (χ4n) is 2.51. The van der Waals surface area contributed by atoms with Crippen molar-refractivity contribution in [1.82, 2.24) is 14.9 Å². The largest absolute Gasteiger partial charge is 0.467 e. The first-order valence-electron chi connectivity index (χ1n) is 6.90. The number of rotatable bonds is 4. The Morgan fingerprint density at radius 2 is 2.14 bits per heavy atom. The molecule has 1 N–H and O–H groups in total. The second kappa shape index (κ2) is 5.44. The quantitative estimate of drug-likeness (QED) is 0.801. The normalized spacial score (nSPS) is 12.5. The third kappa shape index (κ3) is 2.54. The minimum absolute atomic E-state index is 0.0577. The average molecular weight is 283 g/mol.